The van der Waals surface area contributed by atoms with Gasteiger partial charge in [-0.2, -0.15) is 18.2 Å². The zero-order valence-electron chi connectivity index (χ0n) is 11.3. The number of carbonyl (C=O) groups is 1. The number of hydrogen-bond acceptors (Lipinski definition) is 4. The molecule has 3 rings (SSSR count). The molecular weight excluding hydrogens is 299 g/mol. The lowest BCUT2D eigenvalue weighted by molar-refractivity contribution is -0.167. The van der Waals surface area contributed by atoms with E-state index in [1.54, 1.807) is 17.6 Å². The van der Waals surface area contributed by atoms with E-state index in [1.807, 2.05) is 12.1 Å². The SMILES string of the molecule is O=C(Nc1nc2n(n1)CCCC2c1ccccn1)C(F)(F)F. The van der Waals surface area contributed by atoms with Crippen molar-refractivity contribution in [3.8, 4) is 0 Å². The Balaban J connectivity index is 1.88. The normalized spacial score (nSPS) is 17.9. The summed E-state index contributed by atoms with van der Waals surface area (Å²) in [6.45, 7) is 0.549. The van der Waals surface area contributed by atoms with E-state index in [9.17, 15) is 18.0 Å². The molecule has 2 aromatic heterocycles. The highest BCUT2D eigenvalue weighted by Crippen LogP contribution is 2.31. The van der Waals surface area contributed by atoms with E-state index in [0.29, 0.717) is 12.4 Å². The monoisotopic (exact) mass is 311 g/mol. The summed E-state index contributed by atoms with van der Waals surface area (Å²) < 4.78 is 38.3. The standard InChI is InChI=1S/C13H12F3N5O/c14-13(15,16)11(22)19-12-18-10-8(4-3-7-21(10)20-12)9-5-1-2-6-17-9/h1-2,5-6,8H,3-4,7H2,(H,19,20,22). The van der Waals surface area contributed by atoms with Crippen LogP contribution in [0.25, 0.3) is 0 Å². The topological polar surface area (TPSA) is 72.7 Å². The van der Waals surface area contributed by atoms with Gasteiger partial charge in [0.15, 0.2) is 0 Å². The lowest BCUT2D eigenvalue weighted by Gasteiger charge is -2.21. The van der Waals surface area contributed by atoms with Crippen molar-refractivity contribution >= 4 is 11.9 Å². The second-order valence-corrected chi connectivity index (χ2v) is 4.92. The summed E-state index contributed by atoms with van der Waals surface area (Å²) in [6, 6.07) is 5.46. The van der Waals surface area contributed by atoms with Crippen molar-refractivity contribution < 1.29 is 18.0 Å². The second-order valence-electron chi connectivity index (χ2n) is 4.92. The van der Waals surface area contributed by atoms with Crippen molar-refractivity contribution in [1.82, 2.24) is 19.7 Å². The molecule has 1 N–H and O–H groups in total. The van der Waals surface area contributed by atoms with Gasteiger partial charge in [0.1, 0.15) is 5.82 Å². The van der Waals surface area contributed by atoms with Crippen LogP contribution in [0, 0.1) is 0 Å². The molecule has 1 aliphatic heterocycles. The van der Waals surface area contributed by atoms with Crippen molar-refractivity contribution in [2.45, 2.75) is 31.5 Å². The summed E-state index contributed by atoms with van der Waals surface area (Å²) in [5.74, 6) is -2.04. The first-order valence-corrected chi connectivity index (χ1v) is 6.69. The van der Waals surface area contributed by atoms with Crippen LogP contribution in [0.3, 0.4) is 0 Å². The number of aromatic nitrogens is 4. The minimum atomic E-state index is -4.97. The van der Waals surface area contributed by atoms with Gasteiger partial charge in [0.25, 0.3) is 0 Å². The van der Waals surface area contributed by atoms with Gasteiger partial charge in [-0.25, -0.2) is 4.68 Å². The number of nitrogens with zero attached hydrogens (tertiary/aromatic N) is 4. The minimum absolute atomic E-state index is 0.140. The fraction of sp³-hybridized carbons (Fsp3) is 0.385. The molecule has 22 heavy (non-hydrogen) atoms. The summed E-state index contributed by atoms with van der Waals surface area (Å²) in [5.41, 5.74) is 0.782. The molecule has 0 bridgehead atoms. The smallest absolute Gasteiger partial charge is 0.285 e. The molecule has 0 aromatic carbocycles. The minimum Gasteiger partial charge on any atom is -0.285 e. The third-order valence-electron chi connectivity index (χ3n) is 3.40. The predicted octanol–water partition coefficient (Wildman–Crippen LogP) is 2.10. The number of fused-ring (bicyclic) bond motifs is 1. The zero-order chi connectivity index (χ0) is 15.7. The van der Waals surface area contributed by atoms with Gasteiger partial charge in [0.05, 0.1) is 11.6 Å². The van der Waals surface area contributed by atoms with Crippen LogP contribution in [0.4, 0.5) is 19.1 Å². The fourth-order valence-corrected chi connectivity index (χ4v) is 2.44. The first-order chi connectivity index (χ1) is 10.4. The van der Waals surface area contributed by atoms with Gasteiger partial charge in [-0.15, -0.1) is 5.10 Å². The van der Waals surface area contributed by atoms with Crippen LogP contribution < -0.4 is 5.32 Å². The number of anilines is 1. The average molecular weight is 311 g/mol. The first kappa shape index (κ1) is 14.5. The molecule has 1 aliphatic rings. The largest absolute Gasteiger partial charge is 0.471 e. The Morgan fingerprint density at radius 1 is 1.36 bits per heavy atom. The van der Waals surface area contributed by atoms with Gasteiger partial charge in [-0.1, -0.05) is 6.07 Å². The highest BCUT2D eigenvalue weighted by atomic mass is 19.4. The van der Waals surface area contributed by atoms with Crippen molar-refractivity contribution in [3.63, 3.8) is 0 Å². The van der Waals surface area contributed by atoms with Crippen molar-refractivity contribution in [2.75, 3.05) is 5.32 Å². The van der Waals surface area contributed by atoms with Gasteiger partial charge in [0, 0.05) is 12.7 Å². The molecule has 3 heterocycles. The van der Waals surface area contributed by atoms with Crippen LogP contribution in [0.2, 0.25) is 0 Å². The number of rotatable bonds is 2. The van der Waals surface area contributed by atoms with Crippen LogP contribution in [0.5, 0.6) is 0 Å². The van der Waals surface area contributed by atoms with E-state index in [-0.39, 0.29) is 11.9 Å². The lowest BCUT2D eigenvalue weighted by atomic mass is 9.95. The highest BCUT2D eigenvalue weighted by molar-refractivity contribution is 5.93. The molecule has 0 saturated carbocycles. The number of halogens is 3. The highest BCUT2D eigenvalue weighted by Gasteiger charge is 2.39. The second kappa shape index (κ2) is 5.39. The maximum Gasteiger partial charge on any atom is 0.471 e. The third kappa shape index (κ3) is 2.78. The maximum absolute atomic E-state index is 12.3. The molecule has 2 aromatic rings. The summed E-state index contributed by atoms with van der Waals surface area (Å²) >= 11 is 0. The van der Waals surface area contributed by atoms with E-state index in [2.05, 4.69) is 15.1 Å². The van der Waals surface area contributed by atoms with Gasteiger partial charge < -0.3 is 0 Å². The summed E-state index contributed by atoms with van der Waals surface area (Å²) in [6.07, 6.45) is -1.73. The molecule has 116 valence electrons. The molecule has 0 aliphatic carbocycles. The summed E-state index contributed by atoms with van der Waals surface area (Å²) in [4.78, 5) is 19.3. The molecule has 1 unspecified atom stereocenters. The molecular formula is C13H12F3N5O. The average Bonchev–Trinajstić information content (AvgIpc) is 2.89. The van der Waals surface area contributed by atoms with E-state index in [1.165, 1.54) is 4.68 Å². The molecule has 1 amide bonds. The van der Waals surface area contributed by atoms with Crippen molar-refractivity contribution in [1.29, 1.82) is 0 Å². The molecule has 0 fully saturated rings. The Morgan fingerprint density at radius 3 is 2.86 bits per heavy atom. The number of pyridine rings is 1. The van der Waals surface area contributed by atoms with Gasteiger partial charge in [0.2, 0.25) is 5.95 Å². The number of nitrogens with one attached hydrogen (secondary N) is 1. The Hall–Kier alpha value is -2.45. The fourth-order valence-electron chi connectivity index (χ4n) is 2.44. The Bertz CT molecular complexity index is 683. The summed E-state index contributed by atoms with van der Waals surface area (Å²) in [5, 5.41) is 5.61. The van der Waals surface area contributed by atoms with E-state index < -0.39 is 12.1 Å². The number of alkyl halides is 3. The van der Waals surface area contributed by atoms with E-state index >= 15 is 0 Å². The number of carbonyl (C=O) groups excluding carboxylic acids is 1. The van der Waals surface area contributed by atoms with Crippen molar-refractivity contribution in [3.05, 3.63) is 35.9 Å². The van der Waals surface area contributed by atoms with Crippen molar-refractivity contribution in [2.24, 2.45) is 0 Å². The van der Waals surface area contributed by atoms with Crippen LogP contribution in [-0.4, -0.2) is 31.8 Å². The van der Waals surface area contributed by atoms with Gasteiger partial charge >= 0.3 is 12.1 Å². The number of aryl methyl sites for hydroxylation is 1. The Morgan fingerprint density at radius 2 is 2.18 bits per heavy atom. The predicted molar refractivity (Wildman–Crippen MR) is 70.0 cm³/mol. The van der Waals surface area contributed by atoms with Gasteiger partial charge in [-0.05, 0) is 25.0 Å². The lowest BCUT2D eigenvalue weighted by Crippen LogP contribution is -2.30. The van der Waals surface area contributed by atoms with Crippen LogP contribution in [0.15, 0.2) is 24.4 Å². The van der Waals surface area contributed by atoms with E-state index in [4.69, 9.17) is 0 Å². The molecule has 0 saturated heterocycles. The number of amides is 1. The van der Waals surface area contributed by atoms with E-state index in [0.717, 1.165) is 18.5 Å². The Labute approximate surface area is 123 Å². The number of hydrogen-bond donors (Lipinski definition) is 1. The van der Waals surface area contributed by atoms with Gasteiger partial charge in [-0.3, -0.25) is 15.1 Å². The van der Waals surface area contributed by atoms with Crippen LogP contribution in [0.1, 0.15) is 30.3 Å². The quantitative estimate of drug-likeness (QED) is 0.922. The summed E-state index contributed by atoms with van der Waals surface area (Å²) in [7, 11) is 0. The van der Waals surface area contributed by atoms with Crippen LogP contribution >= 0.6 is 0 Å². The molecule has 6 nitrogen and oxygen atoms in total. The Kier molecular flexibility index (Phi) is 3.55. The first-order valence-electron chi connectivity index (χ1n) is 6.69. The maximum atomic E-state index is 12.3. The third-order valence-corrected chi connectivity index (χ3v) is 3.40. The molecule has 9 heteroatoms. The van der Waals surface area contributed by atoms with Crippen LogP contribution in [-0.2, 0) is 11.3 Å². The molecule has 1 atom stereocenters. The molecule has 0 radical (unpaired) electrons. The molecule has 0 spiro atoms. The zero-order valence-corrected chi connectivity index (χ0v) is 11.3.